The molecule has 29 heavy (non-hydrogen) atoms. The summed E-state index contributed by atoms with van der Waals surface area (Å²) in [7, 11) is -4.32. The van der Waals surface area contributed by atoms with Gasteiger partial charge in [-0.25, -0.2) is 0 Å². The van der Waals surface area contributed by atoms with Crippen LogP contribution in [-0.2, 0) is 4.57 Å². The van der Waals surface area contributed by atoms with E-state index in [-0.39, 0.29) is 5.30 Å². The Bertz CT molecular complexity index is 1320. The lowest BCUT2D eigenvalue weighted by molar-refractivity contribution is 0.387. The molecule has 0 aliphatic carbocycles. The van der Waals surface area contributed by atoms with Crippen molar-refractivity contribution in [2.24, 2.45) is 0 Å². The normalized spacial score (nSPS) is 11.9. The fourth-order valence-electron chi connectivity index (χ4n) is 3.21. The SMILES string of the molecule is O=P(O)(O)c1ccsc1-c1sccc1-c1sccc1-c1sccc1-c1cccs1. The van der Waals surface area contributed by atoms with E-state index in [1.54, 1.807) is 39.4 Å². The van der Waals surface area contributed by atoms with Gasteiger partial charge in [0.05, 0.1) is 15.1 Å². The molecule has 0 aliphatic heterocycles. The molecular formula is C20H13O3PS5. The van der Waals surface area contributed by atoms with E-state index in [9.17, 15) is 14.4 Å². The molecule has 5 rings (SSSR count). The summed E-state index contributed by atoms with van der Waals surface area (Å²) in [5.74, 6) is 0. The summed E-state index contributed by atoms with van der Waals surface area (Å²) in [6, 6.07) is 12.1. The van der Waals surface area contributed by atoms with Gasteiger partial charge in [0.25, 0.3) is 0 Å². The van der Waals surface area contributed by atoms with Crippen LogP contribution in [-0.4, -0.2) is 9.79 Å². The fourth-order valence-corrected chi connectivity index (χ4v) is 9.26. The topological polar surface area (TPSA) is 57.5 Å². The Morgan fingerprint density at radius 3 is 1.79 bits per heavy atom. The molecule has 5 aromatic rings. The van der Waals surface area contributed by atoms with Crippen molar-refractivity contribution in [3.63, 3.8) is 0 Å². The maximum absolute atomic E-state index is 11.9. The first kappa shape index (κ1) is 19.6. The van der Waals surface area contributed by atoms with E-state index in [1.807, 2.05) is 5.38 Å². The van der Waals surface area contributed by atoms with Crippen molar-refractivity contribution >= 4 is 69.6 Å². The minimum Gasteiger partial charge on any atom is -0.321 e. The molecule has 0 bridgehead atoms. The second kappa shape index (κ2) is 7.72. The standard InChI is InChI=1S/C20H13O3PS5/c21-24(22,23)15-6-11-29-20(15)19-14(5-10-28-19)18-13(4-9-27-18)17-12(3-8-26-17)16-2-1-7-25-16/h1-11H,(H2,21,22,23). The number of hydrogen-bond acceptors (Lipinski definition) is 6. The molecule has 0 atom stereocenters. The third-order valence-electron chi connectivity index (χ3n) is 4.44. The van der Waals surface area contributed by atoms with Crippen LogP contribution in [0.2, 0.25) is 0 Å². The molecule has 0 aromatic carbocycles. The van der Waals surface area contributed by atoms with Crippen LogP contribution in [0.1, 0.15) is 0 Å². The molecule has 0 fully saturated rings. The first-order valence-electron chi connectivity index (χ1n) is 8.45. The van der Waals surface area contributed by atoms with Gasteiger partial charge in [-0.05, 0) is 57.2 Å². The van der Waals surface area contributed by atoms with Gasteiger partial charge in [-0.15, -0.1) is 56.7 Å². The molecule has 0 saturated heterocycles. The van der Waals surface area contributed by atoms with Crippen molar-refractivity contribution in [3.8, 4) is 41.1 Å². The maximum Gasteiger partial charge on any atom is 0.357 e. The summed E-state index contributed by atoms with van der Waals surface area (Å²) in [5.41, 5.74) is 3.43. The van der Waals surface area contributed by atoms with Gasteiger partial charge in [0.2, 0.25) is 0 Å². The highest BCUT2D eigenvalue weighted by Crippen LogP contribution is 2.50. The van der Waals surface area contributed by atoms with Crippen LogP contribution < -0.4 is 5.30 Å². The van der Waals surface area contributed by atoms with Crippen LogP contribution in [0.3, 0.4) is 0 Å². The van der Waals surface area contributed by atoms with Gasteiger partial charge in [0.1, 0.15) is 0 Å². The fraction of sp³-hybridized carbons (Fsp3) is 0. The Morgan fingerprint density at radius 1 is 0.586 bits per heavy atom. The van der Waals surface area contributed by atoms with Crippen LogP contribution in [0.5, 0.6) is 0 Å². The van der Waals surface area contributed by atoms with Gasteiger partial charge in [-0.3, -0.25) is 4.57 Å². The third kappa shape index (κ3) is 3.54. The summed E-state index contributed by atoms with van der Waals surface area (Å²) in [4.78, 5) is 24.7. The van der Waals surface area contributed by atoms with Crippen LogP contribution >= 0.6 is 64.3 Å². The van der Waals surface area contributed by atoms with Crippen LogP contribution in [0, 0.1) is 0 Å². The Hall–Kier alpha value is -1.35. The lowest BCUT2D eigenvalue weighted by atomic mass is 10.1. The van der Waals surface area contributed by atoms with Crippen LogP contribution in [0.25, 0.3) is 41.1 Å². The average Bonchev–Trinajstić information content (AvgIpc) is 3.52. The molecular weight excluding hydrogens is 480 g/mol. The minimum atomic E-state index is -4.32. The van der Waals surface area contributed by atoms with Crippen LogP contribution in [0.4, 0.5) is 0 Å². The molecule has 146 valence electrons. The lowest BCUT2D eigenvalue weighted by Crippen LogP contribution is -2.02. The third-order valence-corrected chi connectivity index (χ3v) is 10.4. The predicted molar refractivity (Wildman–Crippen MR) is 129 cm³/mol. The highest BCUT2D eigenvalue weighted by atomic mass is 32.1. The molecule has 0 radical (unpaired) electrons. The van der Waals surface area contributed by atoms with E-state index in [2.05, 4.69) is 46.5 Å². The summed E-state index contributed by atoms with van der Waals surface area (Å²) in [6.45, 7) is 0. The highest BCUT2D eigenvalue weighted by Gasteiger charge is 2.27. The zero-order valence-corrected chi connectivity index (χ0v) is 19.6. The smallest absolute Gasteiger partial charge is 0.321 e. The molecule has 0 amide bonds. The van der Waals surface area contributed by atoms with Crippen molar-refractivity contribution < 1.29 is 14.4 Å². The summed E-state index contributed by atoms with van der Waals surface area (Å²) >= 11 is 8.01. The van der Waals surface area contributed by atoms with Crippen molar-refractivity contribution in [1.29, 1.82) is 0 Å². The Labute approximate surface area is 187 Å². The van der Waals surface area contributed by atoms with Gasteiger partial charge in [-0.1, -0.05) is 6.07 Å². The molecule has 9 heteroatoms. The van der Waals surface area contributed by atoms with Gasteiger partial charge >= 0.3 is 7.60 Å². The molecule has 0 aliphatic rings. The van der Waals surface area contributed by atoms with E-state index >= 15 is 0 Å². The van der Waals surface area contributed by atoms with E-state index < -0.39 is 7.60 Å². The van der Waals surface area contributed by atoms with Crippen molar-refractivity contribution in [1.82, 2.24) is 0 Å². The summed E-state index contributed by atoms with van der Waals surface area (Å²) in [5, 5.41) is 10.1. The number of hydrogen-bond donors (Lipinski definition) is 2. The Kier molecular flexibility index (Phi) is 5.22. The quantitative estimate of drug-likeness (QED) is 0.250. The molecule has 5 aromatic heterocycles. The van der Waals surface area contributed by atoms with E-state index in [0.29, 0.717) is 4.88 Å². The molecule has 0 unspecified atom stereocenters. The number of rotatable bonds is 5. The van der Waals surface area contributed by atoms with E-state index in [1.165, 1.54) is 49.6 Å². The Balaban J connectivity index is 1.66. The average molecular weight is 493 g/mol. The second-order valence-electron chi connectivity index (χ2n) is 6.15. The first-order chi connectivity index (χ1) is 14.0. The highest BCUT2D eigenvalue weighted by molar-refractivity contribution is 7.61. The van der Waals surface area contributed by atoms with E-state index in [0.717, 1.165) is 15.3 Å². The van der Waals surface area contributed by atoms with Gasteiger partial charge in [-0.2, -0.15) is 0 Å². The van der Waals surface area contributed by atoms with Crippen molar-refractivity contribution in [2.45, 2.75) is 0 Å². The molecule has 0 spiro atoms. The second-order valence-corrected chi connectivity index (χ2v) is 12.3. The predicted octanol–water partition coefficient (Wildman–Crippen LogP) is 7.47. The molecule has 2 N–H and O–H groups in total. The Morgan fingerprint density at radius 2 is 1.14 bits per heavy atom. The van der Waals surface area contributed by atoms with Crippen LogP contribution in [0.15, 0.2) is 63.3 Å². The first-order valence-corrected chi connectivity index (χ1v) is 14.5. The molecule has 3 nitrogen and oxygen atoms in total. The lowest BCUT2D eigenvalue weighted by Gasteiger charge is -2.08. The number of thiophene rings is 5. The summed E-state index contributed by atoms with van der Waals surface area (Å²) < 4.78 is 11.9. The van der Waals surface area contributed by atoms with Crippen molar-refractivity contribution in [3.05, 3.63) is 63.3 Å². The molecule has 0 saturated carbocycles. The minimum absolute atomic E-state index is 0.111. The van der Waals surface area contributed by atoms with Gasteiger partial charge < -0.3 is 9.79 Å². The van der Waals surface area contributed by atoms with Gasteiger partial charge in [0.15, 0.2) is 0 Å². The zero-order chi connectivity index (χ0) is 20.0. The van der Waals surface area contributed by atoms with Gasteiger partial charge in [0, 0.05) is 31.3 Å². The largest absolute Gasteiger partial charge is 0.357 e. The monoisotopic (exact) mass is 492 g/mol. The zero-order valence-electron chi connectivity index (χ0n) is 14.6. The van der Waals surface area contributed by atoms with E-state index in [4.69, 9.17) is 0 Å². The maximum atomic E-state index is 11.9. The van der Waals surface area contributed by atoms with Crippen molar-refractivity contribution in [2.75, 3.05) is 0 Å². The summed E-state index contributed by atoms with van der Waals surface area (Å²) in [6.07, 6.45) is 0. The molecule has 5 heterocycles.